The summed E-state index contributed by atoms with van der Waals surface area (Å²) in [5.74, 6) is -1.33. The van der Waals surface area contributed by atoms with E-state index in [1.807, 2.05) is 13.8 Å². The van der Waals surface area contributed by atoms with Crippen molar-refractivity contribution in [2.24, 2.45) is 0 Å². The second-order valence-electron chi connectivity index (χ2n) is 9.17. The summed E-state index contributed by atoms with van der Waals surface area (Å²) < 4.78 is 48.4. The highest BCUT2D eigenvalue weighted by atomic mass is 35.5. The summed E-state index contributed by atoms with van der Waals surface area (Å²) in [6, 6.07) is 12.3. The normalized spacial score (nSPS) is 16.0. The van der Waals surface area contributed by atoms with Crippen molar-refractivity contribution in [3.05, 3.63) is 82.4 Å². The van der Waals surface area contributed by atoms with Gasteiger partial charge in [0, 0.05) is 28.8 Å². The number of hydrogen-bond acceptors (Lipinski definition) is 5. The van der Waals surface area contributed by atoms with Gasteiger partial charge in [-0.2, -0.15) is 0 Å². The molecule has 0 spiro atoms. The highest BCUT2D eigenvalue weighted by molar-refractivity contribution is 7.90. The van der Waals surface area contributed by atoms with Crippen LogP contribution in [0.4, 0.5) is 4.39 Å². The highest BCUT2D eigenvalue weighted by Gasteiger charge is 2.29. The van der Waals surface area contributed by atoms with Gasteiger partial charge in [0.1, 0.15) is 5.82 Å². The quantitative estimate of drug-likeness (QED) is 0.391. The van der Waals surface area contributed by atoms with Crippen molar-refractivity contribution < 1.29 is 22.3 Å². The third-order valence-corrected chi connectivity index (χ3v) is 7.99. The first-order chi connectivity index (χ1) is 17.2. The molecule has 1 fully saturated rings. The SMILES string of the molecule is CC(C)N(Cc1cnc(S(=O)(=O)Cc2ccccc2F)n1C[C@@H]1CCCO1)C(=O)c1cccc(Cl)c1. The number of hydrogen-bond donors (Lipinski definition) is 0. The predicted octanol–water partition coefficient (Wildman–Crippen LogP) is 4.88. The Morgan fingerprint density at radius 3 is 2.69 bits per heavy atom. The second-order valence-corrected chi connectivity index (χ2v) is 11.5. The van der Waals surface area contributed by atoms with Gasteiger partial charge < -0.3 is 14.2 Å². The van der Waals surface area contributed by atoms with Gasteiger partial charge in [-0.25, -0.2) is 17.8 Å². The molecule has 2 aromatic carbocycles. The van der Waals surface area contributed by atoms with E-state index in [4.69, 9.17) is 16.3 Å². The number of sulfone groups is 1. The number of rotatable bonds is 9. The average molecular weight is 534 g/mol. The van der Waals surface area contributed by atoms with E-state index in [1.165, 1.54) is 24.4 Å². The molecule has 0 aliphatic carbocycles. The number of nitrogens with zero attached hydrogens (tertiary/aromatic N) is 3. The molecule has 1 amide bonds. The zero-order chi connectivity index (χ0) is 25.9. The Bertz CT molecular complexity index is 1340. The van der Waals surface area contributed by atoms with Crippen molar-refractivity contribution in [1.29, 1.82) is 0 Å². The molecule has 0 N–H and O–H groups in total. The minimum atomic E-state index is -3.99. The van der Waals surface area contributed by atoms with Crippen LogP contribution in [-0.2, 0) is 33.4 Å². The van der Waals surface area contributed by atoms with Crippen LogP contribution in [0.2, 0.25) is 5.02 Å². The number of benzene rings is 2. The molecule has 1 aliphatic rings. The van der Waals surface area contributed by atoms with E-state index in [1.54, 1.807) is 39.8 Å². The van der Waals surface area contributed by atoms with E-state index >= 15 is 0 Å². The Hall–Kier alpha value is -2.75. The molecule has 0 bridgehead atoms. The Kier molecular flexibility index (Phi) is 8.12. The van der Waals surface area contributed by atoms with Gasteiger partial charge in [-0.05, 0) is 51.0 Å². The molecule has 3 aromatic rings. The maximum Gasteiger partial charge on any atom is 0.254 e. The smallest absolute Gasteiger partial charge is 0.254 e. The fourth-order valence-electron chi connectivity index (χ4n) is 4.29. The van der Waals surface area contributed by atoms with Crippen molar-refractivity contribution in [2.75, 3.05) is 6.61 Å². The zero-order valence-corrected chi connectivity index (χ0v) is 21.8. The van der Waals surface area contributed by atoms with Crippen LogP contribution in [0.15, 0.2) is 59.9 Å². The monoisotopic (exact) mass is 533 g/mol. The Morgan fingerprint density at radius 1 is 1.25 bits per heavy atom. The van der Waals surface area contributed by atoms with E-state index in [9.17, 15) is 17.6 Å². The predicted molar refractivity (Wildman–Crippen MR) is 135 cm³/mol. The van der Waals surface area contributed by atoms with Crippen molar-refractivity contribution >= 4 is 27.3 Å². The molecule has 4 rings (SSSR count). The molecule has 1 aliphatic heterocycles. The lowest BCUT2D eigenvalue weighted by molar-refractivity contribution is 0.0678. The number of imidazole rings is 1. The van der Waals surface area contributed by atoms with E-state index in [0.717, 1.165) is 12.8 Å². The Labute approximate surface area is 215 Å². The molecule has 0 radical (unpaired) electrons. The first-order valence-corrected chi connectivity index (χ1v) is 13.9. The standard InChI is InChI=1S/C26H29ClFN3O4S/c1-18(2)30(25(32)19-8-5-9-21(27)13-19)15-22-14-29-26(31(22)16-23-10-6-12-35-23)36(33,34)17-20-7-3-4-11-24(20)28/h3-5,7-9,11,13-14,18,23H,6,10,12,15-17H2,1-2H3/t23-/m0/s1. The van der Waals surface area contributed by atoms with Gasteiger partial charge in [0.2, 0.25) is 15.0 Å². The van der Waals surface area contributed by atoms with E-state index in [-0.39, 0.29) is 41.9 Å². The van der Waals surface area contributed by atoms with Gasteiger partial charge in [-0.1, -0.05) is 35.9 Å². The molecular formula is C26H29ClFN3O4S. The maximum atomic E-state index is 14.2. The molecule has 0 saturated carbocycles. The van der Waals surface area contributed by atoms with Crippen LogP contribution in [0.1, 0.15) is 48.3 Å². The van der Waals surface area contributed by atoms with Crippen LogP contribution in [0.25, 0.3) is 0 Å². The topological polar surface area (TPSA) is 81.5 Å². The number of aromatic nitrogens is 2. The third-order valence-electron chi connectivity index (χ3n) is 6.18. The van der Waals surface area contributed by atoms with E-state index in [0.29, 0.717) is 22.9 Å². The molecule has 192 valence electrons. The Morgan fingerprint density at radius 2 is 2.03 bits per heavy atom. The summed E-state index contributed by atoms with van der Waals surface area (Å²) in [7, 11) is -3.99. The van der Waals surface area contributed by atoms with Gasteiger partial charge >= 0.3 is 0 Å². The van der Waals surface area contributed by atoms with Crippen LogP contribution < -0.4 is 0 Å². The highest BCUT2D eigenvalue weighted by Crippen LogP contribution is 2.24. The molecule has 1 atom stereocenters. The van der Waals surface area contributed by atoms with Gasteiger partial charge in [0.05, 0.1) is 36.8 Å². The zero-order valence-electron chi connectivity index (χ0n) is 20.2. The van der Waals surface area contributed by atoms with Crippen molar-refractivity contribution in [1.82, 2.24) is 14.5 Å². The van der Waals surface area contributed by atoms with Crippen LogP contribution in [0, 0.1) is 5.82 Å². The summed E-state index contributed by atoms with van der Waals surface area (Å²) in [5.41, 5.74) is 1.07. The summed E-state index contributed by atoms with van der Waals surface area (Å²) in [5, 5.41) is 0.296. The molecule has 36 heavy (non-hydrogen) atoms. The molecule has 2 heterocycles. The number of carbonyl (C=O) groups is 1. The molecule has 7 nitrogen and oxygen atoms in total. The second kappa shape index (κ2) is 11.1. The maximum absolute atomic E-state index is 14.2. The van der Waals surface area contributed by atoms with Crippen LogP contribution in [0.5, 0.6) is 0 Å². The number of amides is 1. The fourth-order valence-corrected chi connectivity index (χ4v) is 5.99. The van der Waals surface area contributed by atoms with Crippen molar-refractivity contribution in [3.8, 4) is 0 Å². The molecular weight excluding hydrogens is 505 g/mol. The number of halogens is 2. The van der Waals surface area contributed by atoms with Crippen LogP contribution in [-0.4, -0.2) is 47.5 Å². The van der Waals surface area contributed by atoms with E-state index in [2.05, 4.69) is 4.98 Å². The first-order valence-electron chi connectivity index (χ1n) is 11.8. The lowest BCUT2D eigenvalue weighted by Gasteiger charge is -2.28. The minimum Gasteiger partial charge on any atom is -0.376 e. The lowest BCUT2D eigenvalue weighted by Crippen LogP contribution is -2.37. The molecule has 0 unspecified atom stereocenters. The lowest BCUT2D eigenvalue weighted by atomic mass is 10.1. The van der Waals surface area contributed by atoms with Gasteiger partial charge in [0.15, 0.2) is 0 Å². The molecule has 10 heteroatoms. The fraction of sp³-hybridized carbons (Fsp3) is 0.385. The van der Waals surface area contributed by atoms with Gasteiger partial charge in [0.25, 0.3) is 5.91 Å². The minimum absolute atomic E-state index is 0.0747. The Balaban J connectivity index is 1.69. The van der Waals surface area contributed by atoms with E-state index < -0.39 is 21.4 Å². The number of ether oxygens (including phenoxy) is 1. The number of carbonyl (C=O) groups excluding carboxylic acids is 1. The van der Waals surface area contributed by atoms with Gasteiger partial charge in [-0.15, -0.1) is 0 Å². The van der Waals surface area contributed by atoms with Crippen molar-refractivity contribution in [3.63, 3.8) is 0 Å². The van der Waals surface area contributed by atoms with Crippen LogP contribution in [0.3, 0.4) is 0 Å². The average Bonchev–Trinajstić information content (AvgIpc) is 3.49. The van der Waals surface area contributed by atoms with Crippen LogP contribution >= 0.6 is 11.6 Å². The third kappa shape index (κ3) is 5.96. The summed E-state index contributed by atoms with van der Waals surface area (Å²) in [6.45, 7) is 4.80. The molecule has 1 saturated heterocycles. The summed E-state index contributed by atoms with van der Waals surface area (Å²) in [6.07, 6.45) is 2.98. The largest absolute Gasteiger partial charge is 0.376 e. The molecule has 1 aromatic heterocycles. The van der Waals surface area contributed by atoms with Gasteiger partial charge in [-0.3, -0.25) is 4.79 Å². The van der Waals surface area contributed by atoms with Crippen molar-refractivity contribution in [2.45, 2.75) is 62.8 Å². The summed E-state index contributed by atoms with van der Waals surface area (Å²) in [4.78, 5) is 19.2. The first kappa shape index (κ1) is 26.3. The summed E-state index contributed by atoms with van der Waals surface area (Å²) >= 11 is 6.09.